The fourth-order valence-electron chi connectivity index (χ4n) is 5.89. The van der Waals surface area contributed by atoms with Crippen molar-refractivity contribution in [3.63, 3.8) is 0 Å². The van der Waals surface area contributed by atoms with E-state index in [0.717, 1.165) is 94.7 Å². The van der Waals surface area contributed by atoms with Crippen molar-refractivity contribution in [2.24, 2.45) is 0 Å². The molecule has 6 nitrogen and oxygen atoms in total. The van der Waals surface area contributed by atoms with Crippen molar-refractivity contribution >= 4 is 21.5 Å². The summed E-state index contributed by atoms with van der Waals surface area (Å²) < 4.78 is 14.6. The molecule has 0 aliphatic rings. The third-order valence-corrected chi connectivity index (χ3v) is 8.99. The number of aryl methyl sites for hydroxylation is 2. The lowest BCUT2D eigenvalue weighted by Crippen LogP contribution is -3.00. The number of quaternary nitrogens is 2. The highest BCUT2D eigenvalue weighted by Crippen LogP contribution is 2.27. The second-order valence-electron chi connectivity index (χ2n) is 14.0. The zero-order valence-electron chi connectivity index (χ0n) is 29.7. The van der Waals surface area contributed by atoms with Crippen molar-refractivity contribution in [3.8, 4) is 11.8 Å². The zero-order chi connectivity index (χ0) is 32.1. The maximum absolute atomic E-state index is 6.32. The number of hydrogen-bond donors (Lipinski definition) is 0. The molecule has 0 radical (unpaired) electrons. The van der Waals surface area contributed by atoms with Crippen molar-refractivity contribution in [2.45, 2.75) is 71.6 Å². The molecule has 0 amide bonds. The number of likely N-dealkylation sites (N-methyl/N-ethyl adjacent to an activating group) is 2. The van der Waals surface area contributed by atoms with Crippen LogP contribution in [-0.2, 0) is 12.8 Å². The second kappa shape index (κ2) is 20.7. The van der Waals surface area contributed by atoms with Gasteiger partial charge in [0.1, 0.15) is 26.3 Å². The van der Waals surface area contributed by atoms with Crippen LogP contribution in [0.3, 0.4) is 0 Å². The summed E-state index contributed by atoms with van der Waals surface area (Å²) in [5.41, 5.74) is 2.27. The molecule has 0 spiro atoms. The lowest BCUT2D eigenvalue weighted by Gasteiger charge is -2.31. The monoisotopic (exact) mass is 868 g/mol. The molecule has 0 saturated heterocycles. The third-order valence-electron chi connectivity index (χ3n) is 8.99. The van der Waals surface area contributed by atoms with E-state index in [0.29, 0.717) is 13.2 Å². The highest BCUT2D eigenvalue weighted by atomic mass is 127. The Morgan fingerprint density at radius 3 is 1.34 bits per heavy atom. The first-order valence-electron chi connectivity index (χ1n) is 17.4. The first-order chi connectivity index (χ1) is 21.7. The Morgan fingerprint density at radius 1 is 0.532 bits per heavy atom. The summed E-state index contributed by atoms with van der Waals surface area (Å²) in [7, 11) is 9.27. The van der Waals surface area contributed by atoms with Crippen LogP contribution in [0, 0.1) is 0 Å². The molecule has 8 heteroatoms. The van der Waals surface area contributed by atoms with Gasteiger partial charge in [-0.25, -0.2) is 9.97 Å². The molecule has 4 aromatic rings. The van der Waals surface area contributed by atoms with Crippen LogP contribution in [0.5, 0.6) is 11.8 Å². The van der Waals surface area contributed by atoms with E-state index in [9.17, 15) is 0 Å². The molecule has 0 aliphatic heterocycles. The SMILES string of the molecule is CCCCc1cc2ccccc2c(OCC[N+](C)(C)CCCCC[N+](C)(C)CCOc2nc(CCCC)cc3ccccc23)n1.[I-].[I-]. The van der Waals surface area contributed by atoms with E-state index in [1.165, 1.54) is 42.9 Å². The quantitative estimate of drug-likeness (QED) is 0.0779. The van der Waals surface area contributed by atoms with Gasteiger partial charge < -0.3 is 66.4 Å². The number of pyridine rings is 2. The Bertz CT molecular complexity index is 1380. The predicted molar refractivity (Wildman–Crippen MR) is 189 cm³/mol. The predicted octanol–water partition coefficient (Wildman–Crippen LogP) is 2.26. The lowest BCUT2D eigenvalue weighted by atomic mass is 10.1. The minimum absolute atomic E-state index is 0. The van der Waals surface area contributed by atoms with Crippen LogP contribution >= 0.6 is 0 Å². The molecule has 0 N–H and O–H groups in total. The Hall–Kier alpha value is -1.76. The van der Waals surface area contributed by atoms with Gasteiger partial charge in [0.2, 0.25) is 11.8 Å². The van der Waals surface area contributed by atoms with Gasteiger partial charge in [0.15, 0.2) is 0 Å². The van der Waals surface area contributed by atoms with Crippen LogP contribution in [0.1, 0.15) is 70.2 Å². The number of benzene rings is 2. The number of aromatic nitrogens is 2. The Morgan fingerprint density at radius 2 is 0.936 bits per heavy atom. The molecule has 0 aliphatic carbocycles. The highest BCUT2D eigenvalue weighted by molar-refractivity contribution is 5.87. The minimum atomic E-state index is 0. The number of nitrogens with zero attached hydrogens (tertiary/aromatic N) is 4. The van der Waals surface area contributed by atoms with Gasteiger partial charge in [0, 0.05) is 22.2 Å². The van der Waals surface area contributed by atoms with Crippen LogP contribution in [-0.4, -0.2) is 86.5 Å². The van der Waals surface area contributed by atoms with Crippen molar-refractivity contribution in [1.29, 1.82) is 0 Å². The molecular formula is C39H58I2N4O2. The topological polar surface area (TPSA) is 44.2 Å². The molecule has 47 heavy (non-hydrogen) atoms. The van der Waals surface area contributed by atoms with Gasteiger partial charge in [-0.1, -0.05) is 63.1 Å². The number of ether oxygens (including phenoxy) is 2. The zero-order valence-corrected chi connectivity index (χ0v) is 34.1. The van der Waals surface area contributed by atoms with E-state index in [4.69, 9.17) is 19.4 Å². The van der Waals surface area contributed by atoms with E-state index < -0.39 is 0 Å². The minimum Gasteiger partial charge on any atom is -1.00 e. The van der Waals surface area contributed by atoms with Crippen LogP contribution in [0.25, 0.3) is 21.5 Å². The van der Waals surface area contributed by atoms with E-state index in [-0.39, 0.29) is 48.0 Å². The van der Waals surface area contributed by atoms with Crippen LogP contribution in [0.4, 0.5) is 0 Å². The summed E-state index contributed by atoms with van der Waals surface area (Å²) in [6.45, 7) is 10.0. The van der Waals surface area contributed by atoms with Gasteiger partial charge in [-0.05, 0) is 80.0 Å². The number of hydrogen-bond acceptors (Lipinski definition) is 4. The smallest absolute Gasteiger partial charge is 0.221 e. The van der Waals surface area contributed by atoms with E-state index in [1.807, 2.05) is 0 Å². The fourth-order valence-corrected chi connectivity index (χ4v) is 5.89. The molecule has 0 saturated carbocycles. The third kappa shape index (κ3) is 13.6. The van der Waals surface area contributed by atoms with Crippen molar-refractivity contribution < 1.29 is 66.4 Å². The average molecular weight is 869 g/mol. The summed E-state index contributed by atoms with van der Waals surface area (Å²) in [6, 6.07) is 21.3. The van der Waals surface area contributed by atoms with Crippen LogP contribution in [0.2, 0.25) is 0 Å². The average Bonchev–Trinajstić information content (AvgIpc) is 3.02. The van der Waals surface area contributed by atoms with Gasteiger partial charge in [-0.15, -0.1) is 0 Å². The Kier molecular flexibility index (Phi) is 18.2. The molecule has 2 aromatic carbocycles. The maximum Gasteiger partial charge on any atom is 0.221 e. The maximum atomic E-state index is 6.32. The van der Waals surface area contributed by atoms with Gasteiger partial charge in [0.25, 0.3) is 0 Å². The van der Waals surface area contributed by atoms with Crippen molar-refractivity contribution in [3.05, 3.63) is 72.1 Å². The highest BCUT2D eigenvalue weighted by Gasteiger charge is 2.19. The van der Waals surface area contributed by atoms with Crippen LogP contribution in [0.15, 0.2) is 60.7 Å². The normalized spacial score (nSPS) is 11.7. The molecule has 2 aromatic heterocycles. The molecule has 0 bridgehead atoms. The first kappa shape index (κ1) is 41.4. The summed E-state index contributed by atoms with van der Waals surface area (Å²) in [5.74, 6) is 1.58. The number of halogens is 2. The molecule has 4 rings (SSSR count). The summed E-state index contributed by atoms with van der Waals surface area (Å²) in [6.07, 6.45) is 10.3. The molecule has 0 unspecified atom stereocenters. The largest absolute Gasteiger partial charge is 1.00 e. The first-order valence-corrected chi connectivity index (χ1v) is 17.4. The molecule has 0 atom stereocenters. The van der Waals surface area contributed by atoms with Gasteiger partial charge in [-0.3, -0.25) is 0 Å². The molecule has 0 fully saturated rings. The van der Waals surface area contributed by atoms with Crippen molar-refractivity contribution in [1.82, 2.24) is 9.97 Å². The number of fused-ring (bicyclic) bond motifs is 2. The number of unbranched alkanes of at least 4 members (excludes halogenated alkanes) is 4. The molecule has 260 valence electrons. The second-order valence-corrected chi connectivity index (χ2v) is 14.0. The van der Waals surface area contributed by atoms with E-state index >= 15 is 0 Å². The van der Waals surface area contributed by atoms with Gasteiger partial charge in [-0.2, -0.15) is 0 Å². The Balaban J connectivity index is 0.00000384. The lowest BCUT2D eigenvalue weighted by molar-refractivity contribution is -0.892. The molecular weight excluding hydrogens is 810 g/mol. The van der Waals surface area contributed by atoms with E-state index in [2.05, 4.69) is 103 Å². The standard InChI is InChI=1S/C39H58N4O2.2HI/c1-7-9-20-34-30-32-18-12-14-22-36(32)38(40-34)44-28-26-42(3,4)24-16-11-17-25-43(5,6)27-29-45-39-37-23-15-13-19-33(37)31-35(41-39)21-10-8-2;;/h12-15,18-19,22-23,30-31H,7-11,16-17,20-21,24-29H2,1-6H3;2*1H/q+2;;/p-2. The Labute approximate surface area is 318 Å². The summed E-state index contributed by atoms with van der Waals surface area (Å²) in [4.78, 5) is 9.78. The number of rotatable bonds is 20. The van der Waals surface area contributed by atoms with Gasteiger partial charge >= 0.3 is 0 Å². The van der Waals surface area contributed by atoms with E-state index in [1.54, 1.807) is 0 Å². The molecule has 2 heterocycles. The van der Waals surface area contributed by atoms with Crippen molar-refractivity contribution in [2.75, 3.05) is 67.6 Å². The van der Waals surface area contributed by atoms with Gasteiger partial charge in [0.05, 0.1) is 41.3 Å². The van der Waals surface area contributed by atoms with Crippen LogP contribution < -0.4 is 57.4 Å². The summed E-state index contributed by atoms with van der Waals surface area (Å²) >= 11 is 0. The fraction of sp³-hybridized carbons (Fsp3) is 0.538. The summed E-state index contributed by atoms with van der Waals surface area (Å²) in [5, 5.41) is 4.66.